The highest BCUT2D eigenvalue weighted by Crippen LogP contribution is 2.45. The molecule has 7 heteroatoms. The summed E-state index contributed by atoms with van der Waals surface area (Å²) in [6, 6.07) is 9.03. The van der Waals surface area contributed by atoms with Crippen LogP contribution in [0.1, 0.15) is 47.9 Å². The predicted molar refractivity (Wildman–Crippen MR) is 104 cm³/mol. The molecule has 1 amide bonds. The van der Waals surface area contributed by atoms with E-state index >= 15 is 0 Å². The number of hydrogen-bond acceptors (Lipinski definition) is 5. The van der Waals surface area contributed by atoms with E-state index in [0.29, 0.717) is 24.6 Å². The molecule has 0 saturated heterocycles. The van der Waals surface area contributed by atoms with Crippen LogP contribution in [0, 0.1) is 0 Å². The summed E-state index contributed by atoms with van der Waals surface area (Å²) in [7, 11) is 0. The molecule has 1 aliphatic rings. The van der Waals surface area contributed by atoms with Gasteiger partial charge in [0, 0.05) is 12.1 Å². The van der Waals surface area contributed by atoms with Crippen LogP contribution >= 0.6 is 11.3 Å². The van der Waals surface area contributed by atoms with Gasteiger partial charge in [-0.25, -0.2) is 0 Å². The molecule has 2 N–H and O–H groups in total. The van der Waals surface area contributed by atoms with Gasteiger partial charge in [0.15, 0.2) is 17.2 Å². The summed E-state index contributed by atoms with van der Waals surface area (Å²) in [6.07, 6.45) is 0.848. The van der Waals surface area contributed by atoms with Gasteiger partial charge in [-0.3, -0.25) is 9.89 Å². The average Bonchev–Trinajstić information content (AvgIpc) is 3.37. The van der Waals surface area contributed by atoms with Gasteiger partial charge in [-0.05, 0) is 42.5 Å². The number of hydrogen-bond donors (Lipinski definition) is 2. The average molecular weight is 383 g/mol. The fraction of sp³-hybridized carbons (Fsp3) is 0.300. The molecule has 140 valence electrons. The molecule has 27 heavy (non-hydrogen) atoms. The lowest BCUT2D eigenvalue weighted by Gasteiger charge is -2.26. The Kier molecular flexibility index (Phi) is 4.61. The predicted octanol–water partition coefficient (Wildman–Crippen LogP) is 4.20. The van der Waals surface area contributed by atoms with E-state index in [1.54, 1.807) is 17.4 Å². The molecule has 1 aromatic carbocycles. The Balaban J connectivity index is 1.87. The van der Waals surface area contributed by atoms with E-state index < -0.39 is 0 Å². The zero-order valence-corrected chi connectivity index (χ0v) is 16.0. The molecule has 6 nitrogen and oxygen atoms in total. The van der Waals surface area contributed by atoms with Gasteiger partial charge >= 0.3 is 0 Å². The number of H-pyrrole nitrogens is 1. The Morgan fingerprint density at radius 3 is 2.89 bits per heavy atom. The van der Waals surface area contributed by atoms with Crippen LogP contribution in [0.2, 0.25) is 0 Å². The summed E-state index contributed by atoms with van der Waals surface area (Å²) >= 11 is 1.61. The first-order valence-corrected chi connectivity index (χ1v) is 9.92. The normalized spacial score (nSPS) is 16.0. The van der Waals surface area contributed by atoms with Crippen LogP contribution < -0.4 is 4.74 Å². The first-order valence-electron chi connectivity index (χ1n) is 9.04. The second-order valence-electron chi connectivity index (χ2n) is 6.40. The van der Waals surface area contributed by atoms with Crippen LogP contribution in [0.5, 0.6) is 11.5 Å². The van der Waals surface area contributed by atoms with Crippen molar-refractivity contribution in [3.8, 4) is 22.1 Å². The zero-order valence-electron chi connectivity index (χ0n) is 15.2. The molecule has 3 heterocycles. The highest BCUT2D eigenvalue weighted by molar-refractivity contribution is 7.13. The molecule has 1 aliphatic heterocycles. The number of benzene rings is 1. The largest absolute Gasteiger partial charge is 0.504 e. The third-order valence-corrected chi connectivity index (χ3v) is 5.57. The third-order valence-electron chi connectivity index (χ3n) is 4.68. The summed E-state index contributed by atoms with van der Waals surface area (Å²) in [5.41, 5.74) is 3.14. The maximum absolute atomic E-state index is 13.0. The van der Waals surface area contributed by atoms with Crippen LogP contribution in [0.4, 0.5) is 0 Å². The number of aromatic nitrogens is 2. The van der Waals surface area contributed by atoms with E-state index in [4.69, 9.17) is 4.74 Å². The molecule has 0 saturated carbocycles. The van der Waals surface area contributed by atoms with E-state index in [2.05, 4.69) is 17.1 Å². The number of phenols is 1. The van der Waals surface area contributed by atoms with Gasteiger partial charge < -0.3 is 14.7 Å². The second kappa shape index (κ2) is 7.08. The number of ether oxygens (including phenoxy) is 1. The maximum Gasteiger partial charge on any atom is 0.275 e. The van der Waals surface area contributed by atoms with Crippen LogP contribution in [-0.4, -0.2) is 39.3 Å². The van der Waals surface area contributed by atoms with Gasteiger partial charge in [0.25, 0.3) is 5.91 Å². The van der Waals surface area contributed by atoms with Crippen molar-refractivity contribution in [1.29, 1.82) is 0 Å². The lowest BCUT2D eigenvalue weighted by molar-refractivity contribution is 0.0743. The Labute approximate surface area is 161 Å². The minimum atomic E-state index is -0.261. The quantitative estimate of drug-likeness (QED) is 0.669. The highest BCUT2D eigenvalue weighted by Gasteiger charge is 2.42. The topological polar surface area (TPSA) is 78.5 Å². The zero-order chi connectivity index (χ0) is 19.0. The summed E-state index contributed by atoms with van der Waals surface area (Å²) in [5, 5.41) is 19.5. The number of amides is 1. The molecule has 0 aliphatic carbocycles. The van der Waals surface area contributed by atoms with Crippen LogP contribution in [0.25, 0.3) is 10.6 Å². The van der Waals surface area contributed by atoms with Gasteiger partial charge in [-0.15, -0.1) is 11.3 Å². The first kappa shape index (κ1) is 17.6. The van der Waals surface area contributed by atoms with Crippen molar-refractivity contribution in [1.82, 2.24) is 15.1 Å². The van der Waals surface area contributed by atoms with Crippen LogP contribution in [-0.2, 0) is 0 Å². The van der Waals surface area contributed by atoms with Crippen LogP contribution in [0.15, 0.2) is 35.7 Å². The number of nitrogens with zero attached hydrogens (tertiary/aromatic N) is 2. The van der Waals surface area contributed by atoms with E-state index in [0.717, 1.165) is 28.1 Å². The molecule has 1 unspecified atom stereocenters. The van der Waals surface area contributed by atoms with Gasteiger partial charge in [0.2, 0.25) is 0 Å². The Morgan fingerprint density at radius 2 is 2.19 bits per heavy atom. The molecule has 0 spiro atoms. The molecule has 4 rings (SSSR count). The van der Waals surface area contributed by atoms with E-state index in [9.17, 15) is 9.90 Å². The van der Waals surface area contributed by atoms with Crippen molar-refractivity contribution < 1.29 is 14.6 Å². The van der Waals surface area contributed by atoms with E-state index in [1.807, 2.05) is 41.5 Å². The number of nitrogens with one attached hydrogen (secondary N) is 1. The summed E-state index contributed by atoms with van der Waals surface area (Å²) in [4.78, 5) is 15.9. The smallest absolute Gasteiger partial charge is 0.275 e. The Bertz CT molecular complexity index is 965. The number of fused-ring (bicyclic) bond motifs is 1. The summed E-state index contributed by atoms with van der Waals surface area (Å²) in [5.74, 6) is 0.452. The number of phenolic OH excluding ortho intramolecular Hbond substituents is 1. The molecule has 0 radical (unpaired) electrons. The van der Waals surface area contributed by atoms with Gasteiger partial charge in [0.1, 0.15) is 0 Å². The number of aromatic amines is 1. The molecular formula is C20H21N3O3S. The molecule has 1 atom stereocenters. The third kappa shape index (κ3) is 2.88. The van der Waals surface area contributed by atoms with E-state index in [-0.39, 0.29) is 17.7 Å². The molecular weight excluding hydrogens is 362 g/mol. The number of aromatic hydroxyl groups is 1. The van der Waals surface area contributed by atoms with E-state index in [1.165, 1.54) is 0 Å². The molecule has 0 bridgehead atoms. The lowest BCUT2D eigenvalue weighted by atomic mass is 9.97. The first-order chi connectivity index (χ1) is 13.2. The summed E-state index contributed by atoms with van der Waals surface area (Å²) in [6.45, 7) is 5.01. The standard InChI is InChI=1S/C20H21N3O3S/c1-3-9-23-19(12-7-8-13(24)14(11-12)26-4-2)16-17(15-6-5-10-27-15)21-22-18(16)20(23)25/h5-8,10-11,19,24H,3-4,9H2,1-2H3,(H,21,22). The highest BCUT2D eigenvalue weighted by atomic mass is 32.1. The van der Waals surface area contributed by atoms with Crippen molar-refractivity contribution >= 4 is 17.2 Å². The SMILES string of the molecule is CCCN1C(=O)c2n[nH]c(-c3cccs3)c2C1c1ccc(O)c(OCC)c1. The minimum absolute atomic E-state index is 0.0676. The Hall–Kier alpha value is -2.80. The van der Waals surface area contributed by atoms with Gasteiger partial charge in [-0.2, -0.15) is 5.10 Å². The summed E-state index contributed by atoms with van der Waals surface area (Å²) < 4.78 is 5.56. The number of carbonyl (C=O) groups is 1. The number of carbonyl (C=O) groups excluding carboxylic acids is 1. The van der Waals surface area contributed by atoms with Crippen molar-refractivity contribution in [2.45, 2.75) is 26.3 Å². The number of thiophene rings is 1. The van der Waals surface area contributed by atoms with Gasteiger partial charge in [0.05, 0.1) is 23.2 Å². The maximum atomic E-state index is 13.0. The molecule has 3 aromatic rings. The number of rotatable bonds is 6. The van der Waals surface area contributed by atoms with Crippen LogP contribution in [0.3, 0.4) is 0 Å². The van der Waals surface area contributed by atoms with Crippen molar-refractivity contribution in [2.24, 2.45) is 0 Å². The minimum Gasteiger partial charge on any atom is -0.504 e. The van der Waals surface area contributed by atoms with Crippen molar-refractivity contribution in [2.75, 3.05) is 13.2 Å². The van der Waals surface area contributed by atoms with Crippen molar-refractivity contribution in [3.05, 3.63) is 52.5 Å². The fourth-order valence-electron chi connectivity index (χ4n) is 3.59. The Morgan fingerprint density at radius 1 is 1.33 bits per heavy atom. The van der Waals surface area contributed by atoms with Gasteiger partial charge in [-0.1, -0.05) is 19.1 Å². The second-order valence-corrected chi connectivity index (χ2v) is 7.35. The lowest BCUT2D eigenvalue weighted by Crippen LogP contribution is -2.30. The molecule has 0 fully saturated rings. The molecule has 2 aromatic heterocycles. The fourth-order valence-corrected chi connectivity index (χ4v) is 4.32. The monoisotopic (exact) mass is 383 g/mol. The van der Waals surface area contributed by atoms with Crippen molar-refractivity contribution in [3.63, 3.8) is 0 Å².